The molecule has 5 heteroatoms. The second kappa shape index (κ2) is 6.70. The Labute approximate surface area is 120 Å². The van der Waals surface area contributed by atoms with Crippen molar-refractivity contribution in [1.29, 1.82) is 0 Å². The van der Waals surface area contributed by atoms with E-state index in [-0.39, 0.29) is 5.91 Å². The van der Waals surface area contributed by atoms with Crippen LogP contribution in [0.2, 0.25) is 0 Å². The third-order valence-corrected chi connectivity index (χ3v) is 3.75. The number of carbonyl (C=O) groups excluding carboxylic acids is 1. The molecule has 0 aromatic carbocycles. The minimum absolute atomic E-state index is 0.107. The molecule has 1 amide bonds. The largest absolute Gasteiger partial charge is 0.384 e. The molecule has 1 fully saturated rings. The molecular weight excluding hydrogens is 252 g/mol. The molecule has 20 heavy (non-hydrogen) atoms. The molecule has 0 aliphatic heterocycles. The molecule has 0 saturated heterocycles. The predicted octanol–water partition coefficient (Wildman–Crippen LogP) is 1.73. The van der Waals surface area contributed by atoms with Crippen molar-refractivity contribution in [3.63, 3.8) is 0 Å². The second-order valence-electron chi connectivity index (χ2n) is 5.42. The van der Waals surface area contributed by atoms with Gasteiger partial charge in [-0.05, 0) is 45.9 Å². The van der Waals surface area contributed by atoms with Gasteiger partial charge < -0.3 is 10.6 Å². The fourth-order valence-electron chi connectivity index (χ4n) is 2.15. The van der Waals surface area contributed by atoms with Crippen LogP contribution in [-0.2, 0) is 0 Å². The minimum Gasteiger partial charge on any atom is -0.384 e. The molecule has 1 unspecified atom stereocenters. The normalized spacial score (nSPS) is 16.0. The number of hydrogen-bond acceptors (Lipinski definition) is 4. The third-order valence-electron chi connectivity index (χ3n) is 3.75. The Morgan fingerprint density at radius 2 is 2.25 bits per heavy atom. The molecule has 1 aliphatic carbocycles. The Morgan fingerprint density at radius 3 is 2.80 bits per heavy atom. The number of aromatic nitrogens is 1. The van der Waals surface area contributed by atoms with E-state index in [0.717, 1.165) is 12.2 Å². The molecule has 0 spiro atoms. The third kappa shape index (κ3) is 3.93. The number of nitrogens with zero attached hydrogens (tertiary/aromatic N) is 2. The smallest absolute Gasteiger partial charge is 0.269 e. The van der Waals surface area contributed by atoms with Crippen LogP contribution < -0.4 is 10.6 Å². The number of carbonyl (C=O) groups is 1. The summed E-state index contributed by atoms with van der Waals surface area (Å²) in [5.41, 5.74) is 1.40. The van der Waals surface area contributed by atoms with Gasteiger partial charge in [0.2, 0.25) is 0 Å². The molecule has 5 nitrogen and oxygen atoms in total. The summed E-state index contributed by atoms with van der Waals surface area (Å²) in [6.07, 6.45) is 4.25. The first-order valence-corrected chi connectivity index (χ1v) is 7.32. The summed E-state index contributed by atoms with van der Waals surface area (Å²) < 4.78 is 0. The van der Waals surface area contributed by atoms with Crippen LogP contribution in [0.3, 0.4) is 0 Å². The maximum absolute atomic E-state index is 12.0. The van der Waals surface area contributed by atoms with Gasteiger partial charge in [0.1, 0.15) is 5.69 Å². The van der Waals surface area contributed by atoms with Gasteiger partial charge in [0.15, 0.2) is 0 Å². The van der Waals surface area contributed by atoms with Crippen LogP contribution in [-0.4, -0.2) is 48.0 Å². The molecule has 0 bridgehead atoms. The molecule has 0 radical (unpaired) electrons. The van der Waals surface area contributed by atoms with Crippen LogP contribution in [0.4, 0.5) is 5.69 Å². The van der Waals surface area contributed by atoms with Gasteiger partial charge in [0.25, 0.3) is 5.91 Å². The molecule has 2 rings (SSSR count). The van der Waals surface area contributed by atoms with Gasteiger partial charge in [-0.2, -0.15) is 0 Å². The van der Waals surface area contributed by atoms with E-state index < -0.39 is 0 Å². The Hall–Kier alpha value is -1.62. The Bertz CT molecular complexity index is 442. The number of amides is 1. The second-order valence-corrected chi connectivity index (χ2v) is 5.42. The van der Waals surface area contributed by atoms with E-state index in [0.29, 0.717) is 24.3 Å². The monoisotopic (exact) mass is 276 g/mol. The van der Waals surface area contributed by atoms with Gasteiger partial charge in [-0.1, -0.05) is 0 Å². The first kappa shape index (κ1) is 14.8. The zero-order valence-corrected chi connectivity index (χ0v) is 12.5. The number of hydrogen-bond donors (Lipinski definition) is 2. The van der Waals surface area contributed by atoms with Gasteiger partial charge in [-0.15, -0.1) is 0 Å². The van der Waals surface area contributed by atoms with Crippen LogP contribution >= 0.6 is 0 Å². The van der Waals surface area contributed by atoms with E-state index in [2.05, 4.69) is 34.5 Å². The van der Waals surface area contributed by atoms with Crippen LogP contribution in [0.1, 0.15) is 37.2 Å². The van der Waals surface area contributed by atoms with Crippen LogP contribution in [0.15, 0.2) is 18.3 Å². The van der Waals surface area contributed by atoms with Crippen molar-refractivity contribution in [2.24, 2.45) is 0 Å². The highest BCUT2D eigenvalue weighted by Gasteiger charge is 2.29. The molecule has 1 aliphatic rings. The van der Waals surface area contributed by atoms with E-state index in [4.69, 9.17) is 0 Å². The van der Waals surface area contributed by atoms with E-state index in [1.54, 1.807) is 12.3 Å². The lowest BCUT2D eigenvalue weighted by molar-refractivity contribution is 0.0934. The topological polar surface area (TPSA) is 57.3 Å². The zero-order valence-electron chi connectivity index (χ0n) is 12.5. The minimum atomic E-state index is -0.107. The summed E-state index contributed by atoms with van der Waals surface area (Å²) in [4.78, 5) is 18.5. The van der Waals surface area contributed by atoms with Crippen molar-refractivity contribution in [2.45, 2.75) is 38.8 Å². The molecule has 2 N–H and O–H groups in total. The summed E-state index contributed by atoms with van der Waals surface area (Å²) in [6, 6.07) is 4.69. The number of nitrogens with one attached hydrogen (secondary N) is 2. The van der Waals surface area contributed by atoms with Crippen molar-refractivity contribution >= 4 is 11.6 Å². The highest BCUT2D eigenvalue weighted by atomic mass is 16.1. The van der Waals surface area contributed by atoms with Crippen LogP contribution in [0.5, 0.6) is 0 Å². The summed E-state index contributed by atoms with van der Waals surface area (Å²) in [5, 5.41) is 6.11. The maximum Gasteiger partial charge on any atom is 0.269 e. The lowest BCUT2D eigenvalue weighted by atomic mass is 10.2. The number of rotatable bonds is 7. The first-order valence-electron chi connectivity index (χ1n) is 7.32. The standard InChI is InChI=1S/C15H24N4O/c1-4-16-12-5-8-14(17-10-12)15(20)18-9-11(2)19(3)13-6-7-13/h5,8,10-11,13,16H,4,6-7,9H2,1-3H3,(H,18,20). The summed E-state index contributed by atoms with van der Waals surface area (Å²) in [7, 11) is 2.12. The summed E-state index contributed by atoms with van der Waals surface area (Å²) in [6.45, 7) is 5.67. The Balaban J connectivity index is 1.81. The van der Waals surface area contributed by atoms with Crippen molar-refractivity contribution in [1.82, 2.24) is 15.2 Å². The van der Waals surface area contributed by atoms with Crippen molar-refractivity contribution in [3.8, 4) is 0 Å². The quantitative estimate of drug-likeness (QED) is 0.796. The molecule has 1 heterocycles. The fourth-order valence-corrected chi connectivity index (χ4v) is 2.15. The average molecular weight is 276 g/mol. The van der Waals surface area contributed by atoms with E-state index >= 15 is 0 Å². The predicted molar refractivity (Wildman–Crippen MR) is 81.0 cm³/mol. The fraction of sp³-hybridized carbons (Fsp3) is 0.600. The van der Waals surface area contributed by atoms with E-state index in [9.17, 15) is 4.79 Å². The number of likely N-dealkylation sites (N-methyl/N-ethyl adjacent to an activating group) is 1. The van der Waals surface area contributed by atoms with Crippen molar-refractivity contribution < 1.29 is 4.79 Å². The van der Waals surface area contributed by atoms with Gasteiger partial charge in [0.05, 0.1) is 11.9 Å². The molecular formula is C15H24N4O. The highest BCUT2D eigenvalue weighted by molar-refractivity contribution is 5.92. The average Bonchev–Trinajstić information content (AvgIpc) is 3.29. The first-order chi connectivity index (χ1) is 9.61. The van der Waals surface area contributed by atoms with Crippen LogP contribution in [0, 0.1) is 0 Å². The Kier molecular flexibility index (Phi) is 4.95. The van der Waals surface area contributed by atoms with Crippen molar-refractivity contribution in [2.75, 3.05) is 25.5 Å². The molecule has 1 aromatic rings. The summed E-state index contributed by atoms with van der Waals surface area (Å²) in [5.74, 6) is -0.107. The molecule has 1 saturated carbocycles. The zero-order chi connectivity index (χ0) is 14.5. The van der Waals surface area contributed by atoms with Crippen LogP contribution in [0.25, 0.3) is 0 Å². The molecule has 1 atom stereocenters. The number of pyridine rings is 1. The summed E-state index contributed by atoms with van der Waals surface area (Å²) >= 11 is 0. The SMILES string of the molecule is CCNc1ccc(C(=O)NCC(C)N(C)C2CC2)nc1. The van der Waals surface area contributed by atoms with Gasteiger partial charge in [-0.25, -0.2) is 4.98 Å². The van der Waals surface area contributed by atoms with Gasteiger partial charge >= 0.3 is 0 Å². The van der Waals surface area contributed by atoms with E-state index in [1.807, 2.05) is 13.0 Å². The highest BCUT2D eigenvalue weighted by Crippen LogP contribution is 2.26. The van der Waals surface area contributed by atoms with E-state index in [1.165, 1.54) is 12.8 Å². The maximum atomic E-state index is 12.0. The lowest BCUT2D eigenvalue weighted by Crippen LogP contribution is -2.41. The molecule has 110 valence electrons. The lowest BCUT2D eigenvalue weighted by Gasteiger charge is -2.24. The number of anilines is 1. The van der Waals surface area contributed by atoms with Gasteiger partial charge in [-0.3, -0.25) is 9.69 Å². The van der Waals surface area contributed by atoms with Gasteiger partial charge in [0, 0.05) is 25.2 Å². The Morgan fingerprint density at radius 1 is 1.50 bits per heavy atom. The molecule has 1 aromatic heterocycles. The van der Waals surface area contributed by atoms with Crippen molar-refractivity contribution in [3.05, 3.63) is 24.0 Å².